The van der Waals surface area contributed by atoms with E-state index in [1.54, 1.807) is 0 Å². The van der Waals surface area contributed by atoms with Gasteiger partial charge in [0.1, 0.15) is 0 Å². The van der Waals surface area contributed by atoms with Crippen molar-refractivity contribution in [1.82, 2.24) is 10.6 Å². The quantitative estimate of drug-likeness (QED) is 0.720. The zero-order chi connectivity index (χ0) is 15.9. The molecule has 0 radical (unpaired) electrons. The molecule has 118 valence electrons. The Morgan fingerprint density at radius 2 is 1.95 bits per heavy atom. The van der Waals surface area contributed by atoms with Crippen LogP contribution in [0.1, 0.15) is 43.1 Å². The molecular weight excluding hydrogens is 264 g/mol. The van der Waals surface area contributed by atoms with Gasteiger partial charge in [0.15, 0.2) is 0 Å². The van der Waals surface area contributed by atoms with Gasteiger partial charge in [-0.15, -0.1) is 0 Å². The zero-order valence-corrected chi connectivity index (χ0v) is 13.6. The van der Waals surface area contributed by atoms with Crippen molar-refractivity contribution < 1.29 is 9.90 Å². The van der Waals surface area contributed by atoms with Crippen molar-refractivity contribution in [3.05, 3.63) is 35.4 Å². The second-order valence-corrected chi connectivity index (χ2v) is 6.42. The van der Waals surface area contributed by atoms with E-state index < -0.39 is 0 Å². The second kappa shape index (κ2) is 8.15. The average molecular weight is 292 g/mol. The van der Waals surface area contributed by atoms with Crippen LogP contribution in [0.2, 0.25) is 0 Å². The molecule has 0 saturated carbocycles. The van der Waals surface area contributed by atoms with Crippen molar-refractivity contribution >= 4 is 5.91 Å². The molecule has 4 heteroatoms. The van der Waals surface area contributed by atoms with Crippen LogP contribution in [0.25, 0.3) is 0 Å². The maximum atomic E-state index is 12.5. The summed E-state index contributed by atoms with van der Waals surface area (Å²) in [6.07, 6.45) is 1.38. The molecule has 3 N–H and O–H groups in total. The number of likely N-dealkylation sites (N-methyl/N-ethyl adjacent to an activating group) is 1. The lowest BCUT2D eigenvalue weighted by Crippen LogP contribution is -2.44. The highest BCUT2D eigenvalue weighted by Gasteiger charge is 2.26. The van der Waals surface area contributed by atoms with E-state index in [9.17, 15) is 9.90 Å². The number of hydrogen-bond acceptors (Lipinski definition) is 3. The summed E-state index contributed by atoms with van der Waals surface area (Å²) >= 11 is 0. The molecule has 4 nitrogen and oxygen atoms in total. The van der Waals surface area contributed by atoms with Crippen LogP contribution in [0, 0.1) is 5.41 Å². The largest absolute Gasteiger partial charge is 0.396 e. The Labute approximate surface area is 128 Å². The highest BCUT2D eigenvalue weighted by molar-refractivity contribution is 5.95. The van der Waals surface area contributed by atoms with Crippen molar-refractivity contribution in [1.29, 1.82) is 0 Å². The molecule has 1 unspecified atom stereocenters. The van der Waals surface area contributed by atoms with Gasteiger partial charge in [-0.2, -0.15) is 0 Å². The van der Waals surface area contributed by atoms with Crippen molar-refractivity contribution in [3.63, 3.8) is 0 Å². The summed E-state index contributed by atoms with van der Waals surface area (Å²) in [5.74, 6) is -0.0601. The molecule has 1 atom stereocenters. The molecule has 1 rings (SSSR count). The summed E-state index contributed by atoms with van der Waals surface area (Å²) in [5, 5.41) is 15.4. The van der Waals surface area contributed by atoms with E-state index in [2.05, 4.69) is 31.4 Å². The molecule has 0 aliphatic heterocycles. The molecule has 1 aromatic rings. The summed E-state index contributed by atoms with van der Waals surface area (Å²) in [5.41, 5.74) is 1.68. The first-order valence-corrected chi connectivity index (χ1v) is 7.54. The number of carbonyl (C=O) groups excluding carboxylic acids is 1. The van der Waals surface area contributed by atoms with Crippen molar-refractivity contribution in [2.24, 2.45) is 5.41 Å². The third-order valence-corrected chi connectivity index (χ3v) is 3.67. The van der Waals surface area contributed by atoms with Crippen LogP contribution in [0.4, 0.5) is 0 Å². The molecule has 0 saturated heterocycles. The number of aliphatic hydroxyl groups is 1. The van der Waals surface area contributed by atoms with E-state index in [1.165, 1.54) is 0 Å². The fourth-order valence-electron chi connectivity index (χ4n) is 2.31. The average Bonchev–Trinajstić information content (AvgIpc) is 2.43. The summed E-state index contributed by atoms with van der Waals surface area (Å²) in [6, 6.07) is 7.64. The summed E-state index contributed by atoms with van der Waals surface area (Å²) in [6.45, 7) is 7.12. The van der Waals surface area contributed by atoms with Gasteiger partial charge >= 0.3 is 0 Å². The molecule has 0 fully saturated rings. The number of aliphatic hydroxyl groups excluding tert-OH is 1. The molecular formula is C17H28N2O2. The zero-order valence-electron chi connectivity index (χ0n) is 13.6. The van der Waals surface area contributed by atoms with Crippen LogP contribution in [0.15, 0.2) is 24.3 Å². The lowest BCUT2D eigenvalue weighted by molar-refractivity contribution is 0.0884. The van der Waals surface area contributed by atoms with Gasteiger partial charge in [-0.25, -0.2) is 0 Å². The molecule has 0 spiro atoms. The first-order chi connectivity index (χ1) is 9.90. The third-order valence-electron chi connectivity index (χ3n) is 3.67. The van der Waals surface area contributed by atoms with E-state index in [4.69, 9.17) is 0 Å². The Bertz CT molecular complexity index is 452. The fourth-order valence-corrected chi connectivity index (χ4v) is 2.31. The minimum atomic E-state index is -0.0850. The number of carbonyl (C=O) groups is 1. The standard InChI is InChI=1S/C17H28N2O2/c1-17(2,3)15(10-12-20)19-16(21)14-8-6-5-7-13(14)9-11-18-4/h5-8,15,18,20H,9-12H2,1-4H3,(H,19,21). The van der Waals surface area contributed by atoms with Gasteiger partial charge in [-0.05, 0) is 43.5 Å². The number of rotatable bonds is 7. The monoisotopic (exact) mass is 292 g/mol. The molecule has 1 amide bonds. The van der Waals surface area contributed by atoms with E-state index >= 15 is 0 Å². The summed E-state index contributed by atoms with van der Waals surface area (Å²) < 4.78 is 0. The van der Waals surface area contributed by atoms with Gasteiger partial charge < -0.3 is 15.7 Å². The van der Waals surface area contributed by atoms with E-state index in [-0.39, 0.29) is 24.0 Å². The van der Waals surface area contributed by atoms with Crippen LogP contribution >= 0.6 is 0 Å². The molecule has 1 aromatic carbocycles. The van der Waals surface area contributed by atoms with Crippen LogP contribution in [0.3, 0.4) is 0 Å². The van der Waals surface area contributed by atoms with Gasteiger partial charge in [-0.3, -0.25) is 4.79 Å². The first-order valence-electron chi connectivity index (χ1n) is 7.54. The van der Waals surface area contributed by atoms with E-state index in [1.807, 2.05) is 31.3 Å². The minimum Gasteiger partial charge on any atom is -0.396 e. The van der Waals surface area contributed by atoms with Crippen molar-refractivity contribution in [3.8, 4) is 0 Å². The molecule has 0 bridgehead atoms. The Kier molecular flexibility index (Phi) is 6.85. The lowest BCUT2D eigenvalue weighted by Gasteiger charge is -2.31. The van der Waals surface area contributed by atoms with Crippen molar-refractivity contribution in [2.45, 2.75) is 39.7 Å². The Hall–Kier alpha value is -1.39. The lowest BCUT2D eigenvalue weighted by atomic mass is 9.84. The Morgan fingerprint density at radius 3 is 2.52 bits per heavy atom. The predicted molar refractivity (Wildman–Crippen MR) is 86.5 cm³/mol. The summed E-state index contributed by atoms with van der Waals surface area (Å²) in [7, 11) is 1.90. The Balaban J connectivity index is 2.87. The van der Waals surface area contributed by atoms with Gasteiger partial charge in [-0.1, -0.05) is 39.0 Å². The fraction of sp³-hybridized carbons (Fsp3) is 0.588. The van der Waals surface area contributed by atoms with Gasteiger partial charge in [0.2, 0.25) is 0 Å². The summed E-state index contributed by atoms with van der Waals surface area (Å²) in [4.78, 5) is 12.5. The topological polar surface area (TPSA) is 61.4 Å². The number of amides is 1. The van der Waals surface area contributed by atoms with Gasteiger partial charge in [0.25, 0.3) is 5.91 Å². The molecule has 0 aromatic heterocycles. The number of benzene rings is 1. The smallest absolute Gasteiger partial charge is 0.251 e. The second-order valence-electron chi connectivity index (χ2n) is 6.42. The predicted octanol–water partition coefficient (Wildman–Crippen LogP) is 1.98. The third kappa shape index (κ3) is 5.48. The van der Waals surface area contributed by atoms with Gasteiger partial charge in [0, 0.05) is 18.2 Å². The van der Waals surface area contributed by atoms with Crippen LogP contribution in [-0.2, 0) is 6.42 Å². The number of nitrogens with one attached hydrogen (secondary N) is 2. The SMILES string of the molecule is CNCCc1ccccc1C(=O)NC(CCO)C(C)(C)C. The highest BCUT2D eigenvalue weighted by atomic mass is 16.3. The van der Waals surface area contributed by atoms with E-state index in [0.717, 1.165) is 24.1 Å². The maximum absolute atomic E-state index is 12.5. The van der Waals surface area contributed by atoms with Gasteiger partial charge in [0.05, 0.1) is 0 Å². The number of hydrogen-bond donors (Lipinski definition) is 3. The van der Waals surface area contributed by atoms with Crippen molar-refractivity contribution in [2.75, 3.05) is 20.2 Å². The highest BCUT2D eigenvalue weighted by Crippen LogP contribution is 2.22. The van der Waals surface area contributed by atoms with Crippen LogP contribution in [-0.4, -0.2) is 37.3 Å². The molecule has 0 aliphatic carbocycles. The minimum absolute atomic E-state index is 0.0487. The Morgan fingerprint density at radius 1 is 1.29 bits per heavy atom. The van der Waals surface area contributed by atoms with Crippen LogP contribution < -0.4 is 10.6 Å². The maximum Gasteiger partial charge on any atom is 0.251 e. The molecule has 0 aliphatic rings. The normalized spacial score (nSPS) is 13.0. The van der Waals surface area contributed by atoms with Crippen LogP contribution in [0.5, 0.6) is 0 Å². The first kappa shape index (κ1) is 17.7. The molecule has 21 heavy (non-hydrogen) atoms. The van der Waals surface area contributed by atoms with E-state index in [0.29, 0.717) is 6.42 Å². The molecule has 0 heterocycles.